The zero-order chi connectivity index (χ0) is 22.0. The number of amides is 1. The summed E-state index contributed by atoms with van der Waals surface area (Å²) in [6, 6.07) is 19.8. The number of nitrogens with zero attached hydrogens (tertiary/aromatic N) is 3. The molecular weight excluding hydrogens is 388 g/mol. The lowest BCUT2D eigenvalue weighted by Gasteiger charge is -2.31. The van der Waals surface area contributed by atoms with Gasteiger partial charge in [-0.1, -0.05) is 18.2 Å². The van der Waals surface area contributed by atoms with Crippen LogP contribution in [0, 0.1) is 0 Å². The fraction of sp³-hybridized carbons (Fsp3) is 0.200. The van der Waals surface area contributed by atoms with Crippen molar-refractivity contribution in [2.24, 2.45) is 5.73 Å². The average molecular weight is 415 g/mol. The van der Waals surface area contributed by atoms with Crippen LogP contribution in [0.3, 0.4) is 0 Å². The van der Waals surface area contributed by atoms with Crippen LogP contribution in [0.5, 0.6) is 11.5 Å². The lowest BCUT2D eigenvalue weighted by atomic mass is 9.96. The molecular formula is C25H26N4O2. The van der Waals surface area contributed by atoms with E-state index in [4.69, 9.17) is 10.5 Å². The van der Waals surface area contributed by atoms with Gasteiger partial charge in [0.05, 0.1) is 12.4 Å². The Labute approximate surface area is 181 Å². The van der Waals surface area contributed by atoms with Crippen LogP contribution >= 0.6 is 0 Å². The maximum absolute atomic E-state index is 11.2. The minimum absolute atomic E-state index is 0.154. The van der Waals surface area contributed by atoms with Gasteiger partial charge in [-0.05, 0) is 79.8 Å². The van der Waals surface area contributed by atoms with E-state index in [9.17, 15) is 4.79 Å². The van der Waals surface area contributed by atoms with Crippen molar-refractivity contribution in [3.63, 3.8) is 0 Å². The monoisotopic (exact) mass is 414 g/mol. The number of aromatic nitrogens is 2. The molecule has 6 heteroatoms. The molecule has 4 aromatic rings. The molecule has 0 radical (unpaired) electrons. The predicted octanol–water partition coefficient (Wildman–Crippen LogP) is 4.47. The SMILES string of the molecule is CC(C(c1ccc2cc(Oc3ccc(C(N)=O)cc3)ccc2c1)n1ccnc1)N(C)C. The van der Waals surface area contributed by atoms with E-state index in [1.165, 1.54) is 5.56 Å². The number of benzene rings is 3. The molecule has 2 unspecified atom stereocenters. The summed E-state index contributed by atoms with van der Waals surface area (Å²) in [5, 5.41) is 2.24. The van der Waals surface area contributed by atoms with E-state index in [-0.39, 0.29) is 12.1 Å². The average Bonchev–Trinajstić information content (AvgIpc) is 3.28. The van der Waals surface area contributed by atoms with Crippen molar-refractivity contribution >= 4 is 16.7 Å². The van der Waals surface area contributed by atoms with E-state index in [1.54, 1.807) is 24.3 Å². The summed E-state index contributed by atoms with van der Waals surface area (Å²) >= 11 is 0. The molecule has 0 saturated carbocycles. The van der Waals surface area contributed by atoms with Gasteiger partial charge >= 0.3 is 0 Å². The number of likely N-dealkylation sites (N-methyl/N-ethyl adjacent to an activating group) is 1. The first-order valence-electron chi connectivity index (χ1n) is 10.2. The second kappa shape index (κ2) is 8.62. The number of hydrogen-bond donors (Lipinski definition) is 1. The number of carbonyl (C=O) groups is 1. The molecule has 0 aliphatic carbocycles. The molecule has 1 aromatic heterocycles. The number of nitrogens with two attached hydrogens (primary N) is 1. The first-order valence-corrected chi connectivity index (χ1v) is 10.2. The van der Waals surface area contributed by atoms with Crippen LogP contribution in [0.4, 0.5) is 0 Å². The quantitative estimate of drug-likeness (QED) is 0.484. The van der Waals surface area contributed by atoms with Gasteiger partial charge in [0.1, 0.15) is 11.5 Å². The molecule has 3 aromatic carbocycles. The van der Waals surface area contributed by atoms with Crippen molar-refractivity contribution in [3.8, 4) is 11.5 Å². The Morgan fingerprint density at radius 1 is 1.00 bits per heavy atom. The molecule has 1 amide bonds. The first-order chi connectivity index (χ1) is 14.9. The molecule has 0 fully saturated rings. The van der Waals surface area contributed by atoms with E-state index in [0.29, 0.717) is 11.3 Å². The van der Waals surface area contributed by atoms with Crippen molar-refractivity contribution in [2.45, 2.75) is 19.0 Å². The summed E-state index contributed by atoms with van der Waals surface area (Å²) in [6.45, 7) is 2.22. The summed E-state index contributed by atoms with van der Waals surface area (Å²) < 4.78 is 8.11. The van der Waals surface area contributed by atoms with Crippen molar-refractivity contribution in [2.75, 3.05) is 14.1 Å². The smallest absolute Gasteiger partial charge is 0.248 e. The number of rotatable bonds is 7. The van der Waals surface area contributed by atoms with Crippen LogP contribution in [0.15, 0.2) is 79.4 Å². The zero-order valence-corrected chi connectivity index (χ0v) is 17.9. The predicted molar refractivity (Wildman–Crippen MR) is 122 cm³/mol. The van der Waals surface area contributed by atoms with Crippen LogP contribution in [-0.2, 0) is 0 Å². The van der Waals surface area contributed by atoms with E-state index in [1.807, 2.05) is 30.9 Å². The van der Waals surface area contributed by atoms with E-state index in [0.717, 1.165) is 16.5 Å². The third-order valence-corrected chi connectivity index (χ3v) is 5.67. The molecule has 158 valence electrons. The largest absolute Gasteiger partial charge is 0.457 e. The third-order valence-electron chi connectivity index (χ3n) is 5.67. The fourth-order valence-corrected chi connectivity index (χ4v) is 3.73. The van der Waals surface area contributed by atoms with Crippen molar-refractivity contribution in [3.05, 3.63) is 90.5 Å². The van der Waals surface area contributed by atoms with E-state index < -0.39 is 5.91 Å². The topological polar surface area (TPSA) is 73.4 Å². The molecule has 4 rings (SSSR count). The summed E-state index contributed by atoms with van der Waals surface area (Å²) in [5.41, 5.74) is 6.97. The van der Waals surface area contributed by atoms with Gasteiger partial charge in [0, 0.05) is 24.0 Å². The summed E-state index contributed by atoms with van der Waals surface area (Å²) in [5.74, 6) is 0.937. The fourth-order valence-electron chi connectivity index (χ4n) is 3.73. The molecule has 0 spiro atoms. The van der Waals surface area contributed by atoms with Crippen LogP contribution in [0.2, 0.25) is 0 Å². The van der Waals surface area contributed by atoms with Crippen molar-refractivity contribution in [1.82, 2.24) is 14.5 Å². The van der Waals surface area contributed by atoms with Crippen LogP contribution in [-0.4, -0.2) is 40.5 Å². The van der Waals surface area contributed by atoms with Crippen molar-refractivity contribution < 1.29 is 9.53 Å². The molecule has 0 aliphatic rings. The second-order valence-electron chi connectivity index (χ2n) is 7.92. The number of primary amides is 1. The molecule has 2 N–H and O–H groups in total. The number of imidazole rings is 1. The summed E-state index contributed by atoms with van der Waals surface area (Å²) in [7, 11) is 4.18. The molecule has 6 nitrogen and oxygen atoms in total. The first kappa shape index (κ1) is 20.6. The lowest BCUT2D eigenvalue weighted by molar-refractivity contribution is 0.100. The van der Waals surface area contributed by atoms with Gasteiger partial charge in [-0.3, -0.25) is 4.79 Å². The minimum Gasteiger partial charge on any atom is -0.457 e. The molecule has 0 saturated heterocycles. The Morgan fingerprint density at radius 3 is 2.32 bits per heavy atom. The highest BCUT2D eigenvalue weighted by Crippen LogP contribution is 2.30. The van der Waals surface area contributed by atoms with Gasteiger partial charge in [0.15, 0.2) is 0 Å². The summed E-state index contributed by atoms with van der Waals surface area (Å²) in [4.78, 5) is 17.7. The van der Waals surface area contributed by atoms with E-state index in [2.05, 4.69) is 59.7 Å². The highest BCUT2D eigenvalue weighted by Gasteiger charge is 2.22. The standard InChI is InChI=1S/C25H26N4O2/c1-17(28(2)3)24(29-13-12-27-16-29)21-5-4-20-15-23(11-8-19(20)14-21)31-22-9-6-18(7-10-22)25(26)30/h4-17,24H,1-3H3,(H2,26,30). The molecule has 1 heterocycles. The molecule has 2 atom stereocenters. The number of ether oxygens (including phenoxy) is 1. The normalized spacial score (nSPS) is 13.3. The Hall–Kier alpha value is -3.64. The highest BCUT2D eigenvalue weighted by molar-refractivity contribution is 5.92. The van der Waals surface area contributed by atoms with Gasteiger partial charge in [0.25, 0.3) is 0 Å². The second-order valence-corrected chi connectivity index (χ2v) is 7.92. The maximum atomic E-state index is 11.2. The van der Waals surface area contributed by atoms with Crippen LogP contribution in [0.1, 0.15) is 28.9 Å². The van der Waals surface area contributed by atoms with Gasteiger partial charge in [-0.2, -0.15) is 0 Å². The molecule has 31 heavy (non-hydrogen) atoms. The minimum atomic E-state index is -0.453. The summed E-state index contributed by atoms with van der Waals surface area (Å²) in [6.07, 6.45) is 5.70. The Bertz CT molecular complexity index is 1180. The van der Waals surface area contributed by atoms with Crippen molar-refractivity contribution in [1.29, 1.82) is 0 Å². The number of hydrogen-bond acceptors (Lipinski definition) is 4. The van der Waals surface area contributed by atoms with E-state index >= 15 is 0 Å². The lowest BCUT2D eigenvalue weighted by Crippen LogP contribution is -2.34. The van der Waals surface area contributed by atoms with Crippen LogP contribution < -0.4 is 10.5 Å². The highest BCUT2D eigenvalue weighted by atomic mass is 16.5. The van der Waals surface area contributed by atoms with Gasteiger partial charge in [0.2, 0.25) is 5.91 Å². The van der Waals surface area contributed by atoms with Crippen LogP contribution in [0.25, 0.3) is 10.8 Å². The van der Waals surface area contributed by atoms with Gasteiger partial charge < -0.3 is 19.9 Å². The third kappa shape index (κ3) is 4.44. The van der Waals surface area contributed by atoms with Gasteiger partial charge in [-0.25, -0.2) is 4.98 Å². The maximum Gasteiger partial charge on any atom is 0.248 e. The zero-order valence-electron chi connectivity index (χ0n) is 17.9. The number of carbonyl (C=O) groups excluding carboxylic acids is 1. The Morgan fingerprint density at radius 2 is 1.68 bits per heavy atom. The molecule has 0 bridgehead atoms. The number of fused-ring (bicyclic) bond motifs is 1. The Balaban J connectivity index is 1.62. The molecule has 0 aliphatic heterocycles. The Kier molecular flexibility index (Phi) is 5.73. The van der Waals surface area contributed by atoms with Gasteiger partial charge in [-0.15, -0.1) is 0 Å².